The Labute approximate surface area is 112 Å². The van der Waals surface area contributed by atoms with Gasteiger partial charge >= 0.3 is 5.97 Å². The average Bonchev–Trinajstić information content (AvgIpc) is 2.33. The van der Waals surface area contributed by atoms with E-state index in [2.05, 4.69) is 10.3 Å². The van der Waals surface area contributed by atoms with Crippen LogP contribution in [0.3, 0.4) is 0 Å². The summed E-state index contributed by atoms with van der Waals surface area (Å²) in [6.07, 6.45) is 6.58. The molecule has 1 fully saturated rings. The molecule has 1 aliphatic rings. The van der Waals surface area contributed by atoms with Crippen LogP contribution in [0, 0.1) is 5.41 Å². The van der Waals surface area contributed by atoms with Gasteiger partial charge in [0, 0.05) is 18.9 Å². The number of nitrogens with one attached hydrogen (secondary N) is 1. The lowest BCUT2D eigenvalue weighted by Crippen LogP contribution is -2.43. The Balaban J connectivity index is 1.81. The molecule has 1 amide bonds. The van der Waals surface area contributed by atoms with Crippen LogP contribution in [-0.2, 0) is 16.0 Å². The van der Waals surface area contributed by atoms with Gasteiger partial charge in [0.05, 0.1) is 12.8 Å². The molecule has 1 aromatic rings. The highest BCUT2D eigenvalue weighted by atomic mass is 16.4. The quantitative estimate of drug-likeness (QED) is 0.812. The monoisotopic (exact) mass is 262 g/mol. The van der Waals surface area contributed by atoms with Gasteiger partial charge in [0.25, 0.3) is 0 Å². The van der Waals surface area contributed by atoms with Crippen molar-refractivity contribution >= 4 is 11.9 Å². The summed E-state index contributed by atoms with van der Waals surface area (Å²) in [4.78, 5) is 26.5. The smallest absolute Gasteiger partial charge is 0.303 e. The molecular weight excluding hydrogens is 244 g/mol. The van der Waals surface area contributed by atoms with Crippen LogP contribution in [0.15, 0.2) is 24.5 Å². The van der Waals surface area contributed by atoms with E-state index in [1.165, 1.54) is 0 Å². The number of rotatable bonds is 6. The summed E-state index contributed by atoms with van der Waals surface area (Å²) < 4.78 is 0. The minimum Gasteiger partial charge on any atom is -0.481 e. The van der Waals surface area contributed by atoms with Crippen molar-refractivity contribution in [3.05, 3.63) is 30.1 Å². The fourth-order valence-corrected chi connectivity index (χ4v) is 2.45. The van der Waals surface area contributed by atoms with Crippen LogP contribution in [0.25, 0.3) is 0 Å². The van der Waals surface area contributed by atoms with Crippen molar-refractivity contribution in [1.82, 2.24) is 10.3 Å². The molecular formula is C14H18N2O3. The number of carbonyl (C=O) groups excluding carboxylic acids is 1. The molecule has 19 heavy (non-hydrogen) atoms. The summed E-state index contributed by atoms with van der Waals surface area (Å²) in [5.41, 5.74) is 0.688. The molecule has 0 atom stereocenters. The number of carboxylic acid groups (broad SMARTS) is 1. The summed E-state index contributed by atoms with van der Waals surface area (Å²) in [5, 5.41) is 11.8. The average molecular weight is 262 g/mol. The minimum absolute atomic E-state index is 0.0668. The van der Waals surface area contributed by atoms with Gasteiger partial charge in [-0.3, -0.25) is 14.6 Å². The van der Waals surface area contributed by atoms with E-state index < -0.39 is 5.97 Å². The van der Waals surface area contributed by atoms with E-state index >= 15 is 0 Å². The number of aliphatic carboxylic acids is 1. The maximum absolute atomic E-state index is 11.8. The summed E-state index contributed by atoms with van der Waals surface area (Å²) in [7, 11) is 0. The second-order valence-electron chi connectivity index (χ2n) is 5.23. The second-order valence-corrected chi connectivity index (χ2v) is 5.23. The van der Waals surface area contributed by atoms with Crippen molar-refractivity contribution in [1.29, 1.82) is 0 Å². The Morgan fingerprint density at radius 3 is 2.53 bits per heavy atom. The number of amides is 1. The van der Waals surface area contributed by atoms with Gasteiger partial charge < -0.3 is 10.4 Å². The molecule has 0 saturated heterocycles. The lowest BCUT2D eigenvalue weighted by Gasteiger charge is -2.40. The van der Waals surface area contributed by atoms with Gasteiger partial charge in [-0.15, -0.1) is 0 Å². The van der Waals surface area contributed by atoms with Crippen molar-refractivity contribution in [2.45, 2.75) is 32.1 Å². The zero-order valence-corrected chi connectivity index (χ0v) is 10.8. The van der Waals surface area contributed by atoms with E-state index in [1.54, 1.807) is 24.5 Å². The van der Waals surface area contributed by atoms with Gasteiger partial charge in [-0.05, 0) is 36.0 Å². The maximum Gasteiger partial charge on any atom is 0.303 e. The molecule has 0 spiro atoms. The number of hydrogen-bond donors (Lipinski definition) is 2. The molecule has 1 saturated carbocycles. The molecule has 0 aromatic carbocycles. The number of carboxylic acids is 1. The van der Waals surface area contributed by atoms with E-state index in [-0.39, 0.29) is 17.7 Å². The standard InChI is InChI=1S/C14H18N2O3/c17-12(8-11-2-6-15-7-3-11)16-10-14(4-1-5-14)9-13(18)19/h2-3,6-7H,1,4-5,8-10H2,(H,16,17)(H,18,19). The van der Waals surface area contributed by atoms with E-state index in [4.69, 9.17) is 5.11 Å². The summed E-state index contributed by atoms with van der Waals surface area (Å²) in [6, 6.07) is 3.60. The van der Waals surface area contributed by atoms with Crippen LogP contribution in [0.5, 0.6) is 0 Å². The predicted molar refractivity (Wildman–Crippen MR) is 69.5 cm³/mol. The van der Waals surface area contributed by atoms with Crippen LogP contribution in [-0.4, -0.2) is 28.5 Å². The number of carbonyl (C=O) groups is 2. The molecule has 1 aromatic heterocycles. The van der Waals surface area contributed by atoms with Crippen molar-refractivity contribution < 1.29 is 14.7 Å². The molecule has 0 unspecified atom stereocenters. The van der Waals surface area contributed by atoms with Gasteiger partial charge in [-0.25, -0.2) is 0 Å². The zero-order chi connectivity index (χ0) is 13.7. The van der Waals surface area contributed by atoms with Crippen LogP contribution in [0.2, 0.25) is 0 Å². The van der Waals surface area contributed by atoms with Crippen LogP contribution < -0.4 is 5.32 Å². The molecule has 1 aliphatic carbocycles. The lowest BCUT2D eigenvalue weighted by molar-refractivity contribution is -0.141. The Morgan fingerprint density at radius 2 is 2.00 bits per heavy atom. The third-order valence-electron chi connectivity index (χ3n) is 3.72. The highest BCUT2D eigenvalue weighted by molar-refractivity contribution is 5.78. The molecule has 102 valence electrons. The largest absolute Gasteiger partial charge is 0.481 e. The number of hydrogen-bond acceptors (Lipinski definition) is 3. The first-order valence-electron chi connectivity index (χ1n) is 6.47. The first-order chi connectivity index (χ1) is 9.10. The van der Waals surface area contributed by atoms with Gasteiger partial charge in [-0.1, -0.05) is 6.42 Å². The zero-order valence-electron chi connectivity index (χ0n) is 10.8. The van der Waals surface area contributed by atoms with Gasteiger partial charge in [0.2, 0.25) is 5.91 Å². The second kappa shape index (κ2) is 5.82. The van der Waals surface area contributed by atoms with Gasteiger partial charge in [-0.2, -0.15) is 0 Å². The fourth-order valence-electron chi connectivity index (χ4n) is 2.45. The first kappa shape index (κ1) is 13.5. The minimum atomic E-state index is -0.789. The molecule has 0 bridgehead atoms. The molecule has 2 N–H and O–H groups in total. The van der Waals surface area contributed by atoms with Crippen molar-refractivity contribution in [2.75, 3.05) is 6.54 Å². The summed E-state index contributed by atoms with van der Waals surface area (Å²) >= 11 is 0. The van der Waals surface area contributed by atoms with Gasteiger partial charge in [0.1, 0.15) is 0 Å². The Kier molecular flexibility index (Phi) is 4.14. The highest BCUT2D eigenvalue weighted by Crippen LogP contribution is 2.43. The molecule has 0 radical (unpaired) electrons. The van der Waals surface area contributed by atoms with Crippen molar-refractivity contribution in [3.63, 3.8) is 0 Å². The van der Waals surface area contributed by atoms with E-state index in [1.807, 2.05) is 0 Å². The number of pyridine rings is 1. The van der Waals surface area contributed by atoms with Crippen LogP contribution in [0.4, 0.5) is 0 Å². The Hall–Kier alpha value is -1.91. The van der Waals surface area contributed by atoms with E-state index in [0.29, 0.717) is 13.0 Å². The van der Waals surface area contributed by atoms with Crippen molar-refractivity contribution in [3.8, 4) is 0 Å². The fraction of sp³-hybridized carbons (Fsp3) is 0.500. The molecule has 2 rings (SSSR count). The third-order valence-corrected chi connectivity index (χ3v) is 3.72. The summed E-state index contributed by atoms with van der Waals surface area (Å²) in [5.74, 6) is -0.856. The molecule has 1 heterocycles. The van der Waals surface area contributed by atoms with Crippen molar-refractivity contribution in [2.24, 2.45) is 5.41 Å². The summed E-state index contributed by atoms with van der Waals surface area (Å²) in [6.45, 7) is 0.462. The Bertz CT molecular complexity index is 455. The maximum atomic E-state index is 11.8. The molecule has 0 aliphatic heterocycles. The highest BCUT2D eigenvalue weighted by Gasteiger charge is 2.39. The normalized spacial score (nSPS) is 16.4. The SMILES string of the molecule is O=C(O)CC1(CNC(=O)Cc2ccncc2)CCC1. The van der Waals surface area contributed by atoms with Crippen LogP contribution >= 0.6 is 0 Å². The first-order valence-corrected chi connectivity index (χ1v) is 6.47. The van der Waals surface area contributed by atoms with Gasteiger partial charge in [0.15, 0.2) is 0 Å². The van der Waals surface area contributed by atoms with E-state index in [9.17, 15) is 9.59 Å². The number of aromatic nitrogens is 1. The van der Waals surface area contributed by atoms with E-state index in [0.717, 1.165) is 24.8 Å². The predicted octanol–water partition coefficient (Wildman–Crippen LogP) is 1.39. The molecule has 5 nitrogen and oxygen atoms in total. The van der Waals surface area contributed by atoms with Crippen LogP contribution in [0.1, 0.15) is 31.2 Å². The lowest BCUT2D eigenvalue weighted by atomic mass is 9.66. The third kappa shape index (κ3) is 3.77. The Morgan fingerprint density at radius 1 is 1.32 bits per heavy atom. The molecule has 5 heteroatoms. The topological polar surface area (TPSA) is 79.3 Å². The number of nitrogens with zero attached hydrogens (tertiary/aromatic N) is 1.